The zero-order valence-corrected chi connectivity index (χ0v) is 9.60. The first-order valence-electron chi connectivity index (χ1n) is 5.28. The largest absolute Gasteiger partial charge is 0.372 e. The Morgan fingerprint density at radius 2 is 2.31 bits per heavy atom. The van der Waals surface area contributed by atoms with Crippen LogP contribution in [0.5, 0.6) is 0 Å². The number of anilines is 2. The van der Waals surface area contributed by atoms with Gasteiger partial charge < -0.3 is 15.1 Å². The van der Waals surface area contributed by atoms with E-state index in [0.29, 0.717) is 12.4 Å². The predicted molar refractivity (Wildman–Crippen MR) is 62.1 cm³/mol. The number of nitrogens with one attached hydrogen (secondary N) is 1. The molecule has 0 atom stereocenters. The number of nitrogens with two attached hydrogens (primary N) is 1. The van der Waals surface area contributed by atoms with Crippen LogP contribution in [0.3, 0.4) is 0 Å². The van der Waals surface area contributed by atoms with Gasteiger partial charge in [0, 0.05) is 13.1 Å². The molecule has 88 valence electrons. The topological polar surface area (TPSA) is 76.3 Å². The number of nitrogens with zero attached hydrogens (tertiary/aromatic N) is 3. The summed E-state index contributed by atoms with van der Waals surface area (Å²) in [6.07, 6.45) is 3.33. The van der Waals surface area contributed by atoms with E-state index < -0.39 is 0 Å². The second-order valence-electron chi connectivity index (χ2n) is 4.44. The van der Waals surface area contributed by atoms with Crippen molar-refractivity contribution < 1.29 is 4.74 Å². The predicted octanol–water partition coefficient (Wildman–Crippen LogP) is 0.377. The second kappa shape index (κ2) is 4.23. The molecule has 0 aliphatic carbocycles. The minimum absolute atomic E-state index is 0.147. The normalized spacial score (nSPS) is 19.6. The van der Waals surface area contributed by atoms with Crippen LogP contribution in [-0.2, 0) is 4.74 Å². The van der Waals surface area contributed by atoms with E-state index >= 15 is 0 Å². The Balaban J connectivity index is 2.16. The Labute approximate surface area is 94.8 Å². The van der Waals surface area contributed by atoms with Crippen LogP contribution >= 0.6 is 0 Å². The molecule has 1 aliphatic rings. The van der Waals surface area contributed by atoms with Gasteiger partial charge in [0.15, 0.2) is 5.82 Å². The molecular weight excluding hydrogens is 206 g/mol. The monoisotopic (exact) mass is 223 g/mol. The van der Waals surface area contributed by atoms with Crippen molar-refractivity contribution in [2.45, 2.75) is 19.4 Å². The van der Waals surface area contributed by atoms with E-state index in [4.69, 9.17) is 10.6 Å². The van der Waals surface area contributed by atoms with Gasteiger partial charge in [0.25, 0.3) is 0 Å². The summed E-state index contributed by atoms with van der Waals surface area (Å²) in [5.41, 5.74) is 2.35. The Morgan fingerprint density at radius 1 is 1.50 bits per heavy atom. The van der Waals surface area contributed by atoms with E-state index in [1.165, 1.54) is 0 Å². The number of hydrogen-bond donors (Lipinski definition) is 2. The summed E-state index contributed by atoms with van der Waals surface area (Å²) in [7, 11) is 0. The van der Waals surface area contributed by atoms with E-state index in [0.717, 1.165) is 18.9 Å². The zero-order valence-electron chi connectivity index (χ0n) is 9.60. The standard InChI is InChI=1S/C10H17N5O/c1-10(2)7-15(3-4-16-10)9-6-12-5-8(13-9)14-11/h5-6H,3-4,7,11H2,1-2H3,(H,13,14). The molecule has 1 aromatic rings. The first-order valence-corrected chi connectivity index (χ1v) is 5.28. The summed E-state index contributed by atoms with van der Waals surface area (Å²) < 4.78 is 5.64. The van der Waals surface area contributed by atoms with Crippen molar-refractivity contribution in [1.29, 1.82) is 0 Å². The maximum absolute atomic E-state index is 5.64. The Morgan fingerprint density at radius 3 is 3.00 bits per heavy atom. The van der Waals surface area contributed by atoms with Gasteiger partial charge in [-0.25, -0.2) is 10.8 Å². The molecule has 6 nitrogen and oxygen atoms in total. The van der Waals surface area contributed by atoms with Gasteiger partial charge in [-0.2, -0.15) is 0 Å². The van der Waals surface area contributed by atoms with Gasteiger partial charge in [0.1, 0.15) is 5.82 Å². The number of morpholine rings is 1. The average Bonchev–Trinajstić information content (AvgIpc) is 2.28. The van der Waals surface area contributed by atoms with Crippen LogP contribution in [0, 0.1) is 0 Å². The van der Waals surface area contributed by atoms with E-state index in [2.05, 4.69) is 34.1 Å². The van der Waals surface area contributed by atoms with Crippen molar-refractivity contribution in [2.75, 3.05) is 30.0 Å². The van der Waals surface area contributed by atoms with Crippen LogP contribution in [0.25, 0.3) is 0 Å². The van der Waals surface area contributed by atoms with E-state index in [1.54, 1.807) is 12.4 Å². The lowest BCUT2D eigenvalue weighted by Gasteiger charge is -2.38. The van der Waals surface area contributed by atoms with E-state index in [-0.39, 0.29) is 5.60 Å². The lowest BCUT2D eigenvalue weighted by molar-refractivity contribution is -0.0279. The molecule has 1 aliphatic heterocycles. The molecule has 0 spiro atoms. The van der Waals surface area contributed by atoms with Crippen LogP contribution in [0.2, 0.25) is 0 Å². The van der Waals surface area contributed by atoms with Gasteiger partial charge in [-0.15, -0.1) is 0 Å². The van der Waals surface area contributed by atoms with Crippen molar-refractivity contribution in [3.63, 3.8) is 0 Å². The maximum Gasteiger partial charge on any atom is 0.160 e. The summed E-state index contributed by atoms with van der Waals surface area (Å²) in [6, 6.07) is 0. The SMILES string of the molecule is CC1(C)CN(c2cncc(NN)n2)CCO1. The maximum atomic E-state index is 5.64. The number of hydrazine groups is 1. The zero-order chi connectivity index (χ0) is 11.6. The highest BCUT2D eigenvalue weighted by molar-refractivity contribution is 5.43. The number of rotatable bonds is 2. The highest BCUT2D eigenvalue weighted by Crippen LogP contribution is 2.21. The molecule has 1 aromatic heterocycles. The summed E-state index contributed by atoms with van der Waals surface area (Å²) in [4.78, 5) is 10.6. The molecular formula is C10H17N5O. The van der Waals surface area contributed by atoms with Gasteiger partial charge in [-0.1, -0.05) is 0 Å². The molecule has 0 bridgehead atoms. The van der Waals surface area contributed by atoms with Gasteiger partial charge in [-0.3, -0.25) is 4.98 Å². The minimum atomic E-state index is -0.147. The number of ether oxygens (including phenoxy) is 1. The number of hydrogen-bond acceptors (Lipinski definition) is 6. The fraction of sp³-hybridized carbons (Fsp3) is 0.600. The molecule has 16 heavy (non-hydrogen) atoms. The van der Waals surface area contributed by atoms with Crippen LogP contribution in [0.4, 0.5) is 11.6 Å². The Bertz CT molecular complexity index is 368. The third-order valence-electron chi connectivity index (χ3n) is 2.52. The van der Waals surface area contributed by atoms with Crippen LogP contribution in [0.1, 0.15) is 13.8 Å². The Hall–Kier alpha value is -1.40. The van der Waals surface area contributed by atoms with Gasteiger partial charge in [-0.05, 0) is 13.8 Å². The highest BCUT2D eigenvalue weighted by Gasteiger charge is 2.28. The second-order valence-corrected chi connectivity index (χ2v) is 4.44. The quantitative estimate of drug-likeness (QED) is 0.557. The summed E-state index contributed by atoms with van der Waals surface area (Å²) in [5, 5.41) is 0. The summed E-state index contributed by atoms with van der Waals surface area (Å²) in [5.74, 6) is 6.70. The van der Waals surface area contributed by atoms with Crippen molar-refractivity contribution in [3.8, 4) is 0 Å². The van der Waals surface area contributed by atoms with Crippen LogP contribution < -0.4 is 16.2 Å². The first kappa shape index (κ1) is 11.1. The summed E-state index contributed by atoms with van der Waals surface area (Å²) >= 11 is 0. The number of nitrogen functional groups attached to an aromatic ring is 1. The van der Waals surface area contributed by atoms with Crippen molar-refractivity contribution in [1.82, 2.24) is 9.97 Å². The summed E-state index contributed by atoms with van der Waals surface area (Å²) in [6.45, 7) is 6.46. The molecule has 2 rings (SSSR count). The van der Waals surface area contributed by atoms with E-state index in [1.807, 2.05) is 0 Å². The van der Waals surface area contributed by atoms with Crippen LogP contribution in [0.15, 0.2) is 12.4 Å². The molecule has 0 unspecified atom stereocenters. The lowest BCUT2D eigenvalue weighted by Crippen LogP contribution is -2.48. The molecule has 0 aromatic carbocycles. The molecule has 2 heterocycles. The fourth-order valence-corrected chi connectivity index (χ4v) is 1.79. The smallest absolute Gasteiger partial charge is 0.160 e. The minimum Gasteiger partial charge on any atom is -0.372 e. The van der Waals surface area contributed by atoms with Gasteiger partial charge in [0.2, 0.25) is 0 Å². The molecule has 0 saturated carbocycles. The molecule has 1 saturated heterocycles. The molecule has 6 heteroatoms. The molecule has 3 N–H and O–H groups in total. The van der Waals surface area contributed by atoms with Crippen LogP contribution in [-0.4, -0.2) is 35.3 Å². The number of aromatic nitrogens is 2. The van der Waals surface area contributed by atoms with E-state index in [9.17, 15) is 0 Å². The van der Waals surface area contributed by atoms with Gasteiger partial charge >= 0.3 is 0 Å². The lowest BCUT2D eigenvalue weighted by atomic mass is 10.1. The average molecular weight is 223 g/mol. The third kappa shape index (κ3) is 2.40. The first-order chi connectivity index (χ1) is 7.61. The molecule has 1 fully saturated rings. The van der Waals surface area contributed by atoms with Crippen molar-refractivity contribution >= 4 is 11.6 Å². The van der Waals surface area contributed by atoms with Crippen molar-refractivity contribution in [3.05, 3.63) is 12.4 Å². The third-order valence-corrected chi connectivity index (χ3v) is 2.52. The van der Waals surface area contributed by atoms with Crippen molar-refractivity contribution in [2.24, 2.45) is 5.84 Å². The molecule has 0 radical (unpaired) electrons. The van der Waals surface area contributed by atoms with Gasteiger partial charge in [0.05, 0.1) is 24.6 Å². The fourth-order valence-electron chi connectivity index (χ4n) is 1.79. The Kier molecular flexibility index (Phi) is 2.93. The molecule has 0 amide bonds. The highest BCUT2D eigenvalue weighted by atomic mass is 16.5.